The van der Waals surface area contributed by atoms with Crippen LogP contribution >= 0.6 is 0 Å². The van der Waals surface area contributed by atoms with Crippen molar-refractivity contribution in [2.45, 2.75) is 6.42 Å². The highest BCUT2D eigenvalue weighted by atomic mass is 16.5. The number of nitrogens with zero attached hydrogens (tertiary/aromatic N) is 1. The summed E-state index contributed by atoms with van der Waals surface area (Å²) in [6.45, 7) is 2.90. The summed E-state index contributed by atoms with van der Waals surface area (Å²) < 4.78 is 5.57. The maximum atomic E-state index is 10.8. The van der Waals surface area contributed by atoms with Crippen LogP contribution in [0.5, 0.6) is 5.75 Å². The molecule has 0 amide bonds. The van der Waals surface area contributed by atoms with Crippen molar-refractivity contribution in [1.29, 1.82) is 0 Å². The molecule has 4 nitrogen and oxygen atoms in total. The summed E-state index contributed by atoms with van der Waals surface area (Å²) in [7, 11) is 0. The van der Waals surface area contributed by atoms with Gasteiger partial charge in [-0.1, -0.05) is 18.2 Å². The lowest BCUT2D eigenvalue weighted by atomic mass is 10.1. The van der Waals surface area contributed by atoms with Crippen molar-refractivity contribution in [3.05, 3.63) is 30.3 Å². The summed E-state index contributed by atoms with van der Waals surface area (Å²) >= 11 is 0. The van der Waals surface area contributed by atoms with Gasteiger partial charge in [-0.25, -0.2) is 0 Å². The van der Waals surface area contributed by atoms with E-state index in [-0.39, 0.29) is 5.92 Å². The van der Waals surface area contributed by atoms with Crippen molar-refractivity contribution in [3.63, 3.8) is 0 Å². The number of hydrogen-bond donors (Lipinski definition) is 1. The molecule has 0 saturated carbocycles. The van der Waals surface area contributed by atoms with E-state index in [0.717, 1.165) is 25.3 Å². The Morgan fingerprint density at radius 1 is 1.41 bits per heavy atom. The average molecular weight is 235 g/mol. The quantitative estimate of drug-likeness (QED) is 0.839. The van der Waals surface area contributed by atoms with Gasteiger partial charge in [0.2, 0.25) is 0 Å². The predicted octanol–water partition coefficient (Wildman–Crippen LogP) is 1.47. The Labute approximate surface area is 101 Å². The van der Waals surface area contributed by atoms with Gasteiger partial charge >= 0.3 is 5.97 Å². The third-order valence-corrected chi connectivity index (χ3v) is 3.04. The van der Waals surface area contributed by atoms with Crippen LogP contribution in [0.3, 0.4) is 0 Å². The molecule has 4 heteroatoms. The van der Waals surface area contributed by atoms with Crippen LogP contribution in [-0.4, -0.2) is 42.2 Å². The van der Waals surface area contributed by atoms with Crippen molar-refractivity contribution in [1.82, 2.24) is 4.90 Å². The van der Waals surface area contributed by atoms with Gasteiger partial charge in [0, 0.05) is 13.1 Å². The van der Waals surface area contributed by atoms with Crippen LogP contribution in [0, 0.1) is 5.92 Å². The third-order valence-electron chi connectivity index (χ3n) is 3.04. The van der Waals surface area contributed by atoms with Gasteiger partial charge in [-0.3, -0.25) is 9.69 Å². The fraction of sp³-hybridized carbons (Fsp3) is 0.462. The molecule has 0 aromatic heterocycles. The minimum absolute atomic E-state index is 0.202. The van der Waals surface area contributed by atoms with E-state index in [2.05, 4.69) is 4.90 Å². The topological polar surface area (TPSA) is 49.8 Å². The summed E-state index contributed by atoms with van der Waals surface area (Å²) in [6, 6.07) is 9.66. The monoisotopic (exact) mass is 235 g/mol. The van der Waals surface area contributed by atoms with E-state index in [0.29, 0.717) is 13.2 Å². The normalized spacial score (nSPS) is 20.4. The number of carboxylic acids is 1. The molecule has 1 fully saturated rings. The Bertz CT molecular complexity index is 366. The second-order valence-corrected chi connectivity index (χ2v) is 4.29. The fourth-order valence-electron chi connectivity index (χ4n) is 2.05. The highest BCUT2D eigenvalue weighted by molar-refractivity contribution is 5.70. The number of para-hydroxylation sites is 1. The molecule has 1 atom stereocenters. The van der Waals surface area contributed by atoms with Crippen molar-refractivity contribution in [2.24, 2.45) is 5.92 Å². The maximum absolute atomic E-state index is 10.8. The minimum Gasteiger partial charge on any atom is -0.492 e. The first kappa shape index (κ1) is 11.9. The van der Waals surface area contributed by atoms with Gasteiger partial charge in [0.1, 0.15) is 12.4 Å². The molecule has 1 unspecified atom stereocenters. The lowest BCUT2D eigenvalue weighted by Gasteiger charge is -2.15. The van der Waals surface area contributed by atoms with E-state index < -0.39 is 5.97 Å². The maximum Gasteiger partial charge on any atom is 0.307 e. The van der Waals surface area contributed by atoms with Crippen molar-refractivity contribution in [3.8, 4) is 5.75 Å². The number of aliphatic carboxylic acids is 1. The number of carboxylic acid groups (broad SMARTS) is 1. The molecule has 1 N–H and O–H groups in total. The second-order valence-electron chi connectivity index (χ2n) is 4.29. The largest absolute Gasteiger partial charge is 0.492 e. The number of rotatable bonds is 5. The molecular weight excluding hydrogens is 218 g/mol. The zero-order chi connectivity index (χ0) is 12.1. The molecule has 1 aliphatic rings. The predicted molar refractivity (Wildman–Crippen MR) is 64.1 cm³/mol. The summed E-state index contributed by atoms with van der Waals surface area (Å²) in [5.41, 5.74) is 0. The molecule has 1 heterocycles. The molecule has 92 valence electrons. The lowest BCUT2D eigenvalue weighted by molar-refractivity contribution is -0.141. The molecule has 0 bridgehead atoms. The Hall–Kier alpha value is -1.55. The first-order chi connectivity index (χ1) is 8.25. The first-order valence-corrected chi connectivity index (χ1v) is 5.89. The number of hydrogen-bond acceptors (Lipinski definition) is 3. The average Bonchev–Trinajstić information content (AvgIpc) is 2.79. The number of benzene rings is 1. The third kappa shape index (κ3) is 3.46. The standard InChI is InChI=1S/C13H17NO3/c15-13(16)11-6-7-14(10-11)8-9-17-12-4-2-1-3-5-12/h1-5,11H,6-10H2,(H,15,16). The first-order valence-electron chi connectivity index (χ1n) is 5.89. The Balaban J connectivity index is 1.68. The summed E-state index contributed by atoms with van der Waals surface area (Å²) in [5.74, 6) is -0.0234. The van der Waals surface area contributed by atoms with E-state index in [1.54, 1.807) is 0 Å². The number of carbonyl (C=O) groups is 1. The van der Waals surface area contributed by atoms with Crippen LogP contribution in [0.4, 0.5) is 0 Å². The molecule has 1 saturated heterocycles. The van der Waals surface area contributed by atoms with Gasteiger partial charge in [-0.2, -0.15) is 0 Å². The Morgan fingerprint density at radius 2 is 2.18 bits per heavy atom. The van der Waals surface area contributed by atoms with Gasteiger partial charge in [0.05, 0.1) is 5.92 Å². The Kier molecular flexibility index (Phi) is 3.98. The fourth-order valence-corrected chi connectivity index (χ4v) is 2.05. The van der Waals surface area contributed by atoms with E-state index >= 15 is 0 Å². The molecule has 0 radical (unpaired) electrons. The van der Waals surface area contributed by atoms with E-state index in [4.69, 9.17) is 9.84 Å². The summed E-state index contributed by atoms with van der Waals surface area (Å²) in [4.78, 5) is 12.9. The van der Waals surface area contributed by atoms with E-state index in [1.165, 1.54) is 0 Å². The molecule has 1 aromatic carbocycles. The highest BCUT2D eigenvalue weighted by Gasteiger charge is 2.27. The number of likely N-dealkylation sites (tertiary alicyclic amines) is 1. The van der Waals surface area contributed by atoms with Crippen LogP contribution in [-0.2, 0) is 4.79 Å². The van der Waals surface area contributed by atoms with Gasteiger partial charge < -0.3 is 9.84 Å². The van der Waals surface area contributed by atoms with Crippen LogP contribution in [0.15, 0.2) is 30.3 Å². The van der Waals surface area contributed by atoms with Crippen LogP contribution in [0.1, 0.15) is 6.42 Å². The molecule has 0 aliphatic carbocycles. The summed E-state index contributed by atoms with van der Waals surface area (Å²) in [6.07, 6.45) is 0.751. The highest BCUT2D eigenvalue weighted by Crippen LogP contribution is 2.16. The molecular formula is C13H17NO3. The van der Waals surface area contributed by atoms with E-state index in [9.17, 15) is 4.79 Å². The molecule has 17 heavy (non-hydrogen) atoms. The van der Waals surface area contributed by atoms with Crippen molar-refractivity contribution < 1.29 is 14.6 Å². The smallest absolute Gasteiger partial charge is 0.307 e. The van der Waals surface area contributed by atoms with Crippen LogP contribution in [0.2, 0.25) is 0 Å². The van der Waals surface area contributed by atoms with Gasteiger partial charge in [0.15, 0.2) is 0 Å². The summed E-state index contributed by atoms with van der Waals surface area (Å²) in [5, 5.41) is 8.88. The second kappa shape index (κ2) is 5.68. The van der Waals surface area contributed by atoms with Gasteiger partial charge in [-0.05, 0) is 25.1 Å². The van der Waals surface area contributed by atoms with Gasteiger partial charge in [0.25, 0.3) is 0 Å². The van der Waals surface area contributed by atoms with Gasteiger partial charge in [-0.15, -0.1) is 0 Å². The molecule has 0 spiro atoms. The molecule has 2 rings (SSSR count). The van der Waals surface area contributed by atoms with Crippen LogP contribution in [0.25, 0.3) is 0 Å². The zero-order valence-corrected chi connectivity index (χ0v) is 9.71. The van der Waals surface area contributed by atoms with Crippen molar-refractivity contribution >= 4 is 5.97 Å². The zero-order valence-electron chi connectivity index (χ0n) is 9.71. The molecule has 1 aliphatic heterocycles. The SMILES string of the molecule is O=C(O)C1CCN(CCOc2ccccc2)C1. The lowest BCUT2D eigenvalue weighted by Crippen LogP contribution is -2.27. The van der Waals surface area contributed by atoms with Crippen LogP contribution < -0.4 is 4.74 Å². The van der Waals surface area contributed by atoms with Crippen molar-refractivity contribution in [2.75, 3.05) is 26.2 Å². The minimum atomic E-state index is -0.684. The molecule has 1 aromatic rings. The van der Waals surface area contributed by atoms with E-state index in [1.807, 2.05) is 30.3 Å². The number of ether oxygens (including phenoxy) is 1. The Morgan fingerprint density at radius 3 is 2.82 bits per heavy atom.